The van der Waals surface area contributed by atoms with Crippen LogP contribution in [0.15, 0.2) is 60.3 Å². The number of allylic oxidation sites excluding steroid dienone is 7. The van der Waals surface area contributed by atoms with E-state index in [0.29, 0.717) is 5.57 Å². The van der Waals surface area contributed by atoms with E-state index in [0.717, 1.165) is 12.0 Å². The van der Waals surface area contributed by atoms with Gasteiger partial charge in [-0.2, -0.15) is 0 Å². The van der Waals surface area contributed by atoms with E-state index in [-0.39, 0.29) is 0 Å². The highest BCUT2D eigenvalue weighted by molar-refractivity contribution is 5.90. The second kappa shape index (κ2) is 8.48. The van der Waals surface area contributed by atoms with Gasteiger partial charge in [0.2, 0.25) is 0 Å². The SMILES string of the molecule is C=C/C=C\C=C1\C=C(C(=O)O)C=CC1.CC. The molecule has 0 atom stereocenters. The molecule has 0 aromatic carbocycles. The summed E-state index contributed by atoms with van der Waals surface area (Å²) in [5.74, 6) is -0.889. The first-order chi connectivity index (χ1) is 7.74. The molecule has 1 aliphatic rings. The molecule has 0 unspecified atom stereocenters. The van der Waals surface area contributed by atoms with E-state index in [2.05, 4.69) is 6.58 Å². The molecule has 0 heterocycles. The van der Waals surface area contributed by atoms with Crippen LogP contribution in [0.1, 0.15) is 20.3 Å². The Morgan fingerprint density at radius 2 is 2.12 bits per heavy atom. The Labute approximate surface area is 97.0 Å². The van der Waals surface area contributed by atoms with Crippen molar-refractivity contribution in [2.75, 3.05) is 0 Å². The monoisotopic (exact) mass is 218 g/mol. The minimum atomic E-state index is -0.889. The minimum Gasteiger partial charge on any atom is -0.478 e. The van der Waals surface area contributed by atoms with Gasteiger partial charge in [-0.3, -0.25) is 0 Å². The van der Waals surface area contributed by atoms with Gasteiger partial charge in [0.25, 0.3) is 0 Å². The molecule has 0 saturated heterocycles. The average molecular weight is 218 g/mol. The first kappa shape index (κ1) is 14.2. The van der Waals surface area contributed by atoms with E-state index in [1.165, 1.54) is 0 Å². The smallest absolute Gasteiger partial charge is 0.335 e. The van der Waals surface area contributed by atoms with Crippen molar-refractivity contribution in [3.63, 3.8) is 0 Å². The van der Waals surface area contributed by atoms with Crippen LogP contribution in [0, 0.1) is 0 Å². The minimum absolute atomic E-state index is 0.328. The van der Waals surface area contributed by atoms with Gasteiger partial charge in [-0.25, -0.2) is 4.79 Å². The number of carboxylic acids is 1. The molecule has 86 valence electrons. The maximum absolute atomic E-state index is 10.6. The topological polar surface area (TPSA) is 37.3 Å². The second-order valence-corrected chi connectivity index (χ2v) is 2.87. The number of hydrogen-bond acceptors (Lipinski definition) is 1. The van der Waals surface area contributed by atoms with E-state index in [4.69, 9.17) is 5.11 Å². The largest absolute Gasteiger partial charge is 0.478 e. The predicted octanol–water partition coefficient (Wildman–Crippen LogP) is 3.65. The fourth-order valence-corrected chi connectivity index (χ4v) is 1.14. The van der Waals surface area contributed by atoms with Crippen LogP contribution in [-0.2, 0) is 4.79 Å². The standard InChI is InChI=1S/C12H12O2.C2H6/c1-2-3-4-6-10-7-5-8-11(9-10)12(13)14;1-2/h2-6,8-9H,1,7H2,(H,13,14);1-2H3/b4-3-,10-6+;. The molecule has 0 bridgehead atoms. The van der Waals surface area contributed by atoms with Gasteiger partial charge >= 0.3 is 5.97 Å². The lowest BCUT2D eigenvalue weighted by atomic mass is 10.0. The lowest BCUT2D eigenvalue weighted by molar-refractivity contribution is -0.132. The van der Waals surface area contributed by atoms with Crippen molar-refractivity contribution in [1.29, 1.82) is 0 Å². The Kier molecular flexibility index (Phi) is 7.51. The van der Waals surface area contributed by atoms with Crippen molar-refractivity contribution in [1.82, 2.24) is 0 Å². The summed E-state index contributed by atoms with van der Waals surface area (Å²) in [7, 11) is 0. The molecule has 0 spiro atoms. The third-order valence-electron chi connectivity index (χ3n) is 1.80. The molecule has 0 aromatic heterocycles. The number of carboxylic acid groups (broad SMARTS) is 1. The average Bonchev–Trinajstić information content (AvgIpc) is 2.32. The van der Waals surface area contributed by atoms with Crippen molar-refractivity contribution in [2.45, 2.75) is 20.3 Å². The predicted molar refractivity (Wildman–Crippen MR) is 68.2 cm³/mol. The first-order valence-electron chi connectivity index (χ1n) is 5.34. The second-order valence-electron chi connectivity index (χ2n) is 2.87. The number of rotatable bonds is 3. The summed E-state index contributed by atoms with van der Waals surface area (Å²) in [5.41, 5.74) is 1.32. The van der Waals surface area contributed by atoms with Gasteiger partial charge in [-0.1, -0.05) is 56.9 Å². The Morgan fingerprint density at radius 3 is 2.69 bits per heavy atom. The molecule has 0 aliphatic heterocycles. The van der Waals surface area contributed by atoms with Crippen LogP contribution in [0.25, 0.3) is 0 Å². The zero-order chi connectivity index (χ0) is 12.4. The molecule has 1 N–H and O–H groups in total. The molecule has 1 aliphatic carbocycles. The third-order valence-corrected chi connectivity index (χ3v) is 1.80. The molecular weight excluding hydrogens is 200 g/mol. The van der Waals surface area contributed by atoms with Crippen molar-refractivity contribution in [3.05, 3.63) is 60.3 Å². The molecule has 0 fully saturated rings. The number of hydrogen-bond donors (Lipinski definition) is 1. The number of carbonyl (C=O) groups is 1. The van der Waals surface area contributed by atoms with Crippen LogP contribution >= 0.6 is 0 Å². The van der Waals surface area contributed by atoms with Crippen LogP contribution in [0.3, 0.4) is 0 Å². The van der Waals surface area contributed by atoms with Gasteiger partial charge in [-0.15, -0.1) is 0 Å². The summed E-state index contributed by atoms with van der Waals surface area (Å²) in [4.78, 5) is 10.6. The summed E-state index contributed by atoms with van der Waals surface area (Å²) in [6.45, 7) is 7.55. The maximum Gasteiger partial charge on any atom is 0.335 e. The van der Waals surface area contributed by atoms with Crippen LogP contribution in [0.4, 0.5) is 0 Å². The van der Waals surface area contributed by atoms with Gasteiger partial charge in [0, 0.05) is 0 Å². The van der Waals surface area contributed by atoms with Gasteiger partial charge in [0.1, 0.15) is 0 Å². The lowest BCUT2D eigenvalue weighted by Crippen LogP contribution is -2.00. The van der Waals surface area contributed by atoms with E-state index >= 15 is 0 Å². The van der Waals surface area contributed by atoms with Gasteiger partial charge in [-0.05, 0) is 18.1 Å². The Hall–Kier alpha value is -1.83. The lowest BCUT2D eigenvalue weighted by Gasteiger charge is -2.04. The molecule has 0 amide bonds. The highest BCUT2D eigenvalue weighted by atomic mass is 16.4. The van der Waals surface area contributed by atoms with Crippen LogP contribution in [0.5, 0.6) is 0 Å². The van der Waals surface area contributed by atoms with E-state index in [1.807, 2.05) is 32.1 Å². The fourth-order valence-electron chi connectivity index (χ4n) is 1.14. The van der Waals surface area contributed by atoms with E-state index in [9.17, 15) is 4.79 Å². The Morgan fingerprint density at radius 1 is 1.44 bits per heavy atom. The van der Waals surface area contributed by atoms with Crippen molar-refractivity contribution in [3.8, 4) is 0 Å². The van der Waals surface area contributed by atoms with Crippen molar-refractivity contribution in [2.24, 2.45) is 0 Å². The molecule has 0 saturated carbocycles. The van der Waals surface area contributed by atoms with Crippen LogP contribution in [-0.4, -0.2) is 11.1 Å². The normalized spacial score (nSPS) is 16.6. The third kappa shape index (κ3) is 5.15. The fraction of sp³-hybridized carbons (Fsp3) is 0.214. The quantitative estimate of drug-likeness (QED) is 0.734. The summed E-state index contributed by atoms with van der Waals surface area (Å²) in [6, 6.07) is 0. The van der Waals surface area contributed by atoms with Gasteiger partial charge in [0.15, 0.2) is 0 Å². The Bertz CT molecular complexity index is 355. The van der Waals surface area contributed by atoms with E-state index in [1.54, 1.807) is 24.3 Å². The molecule has 0 radical (unpaired) electrons. The first-order valence-corrected chi connectivity index (χ1v) is 5.34. The van der Waals surface area contributed by atoms with Crippen LogP contribution < -0.4 is 0 Å². The highest BCUT2D eigenvalue weighted by Crippen LogP contribution is 2.15. The summed E-state index contributed by atoms with van der Waals surface area (Å²) >= 11 is 0. The summed E-state index contributed by atoms with van der Waals surface area (Å²) < 4.78 is 0. The molecule has 0 aromatic rings. The van der Waals surface area contributed by atoms with Gasteiger partial charge in [0.05, 0.1) is 5.57 Å². The molecule has 2 heteroatoms. The zero-order valence-electron chi connectivity index (χ0n) is 9.81. The molecule has 1 rings (SSSR count). The molecule has 2 nitrogen and oxygen atoms in total. The van der Waals surface area contributed by atoms with Crippen LogP contribution in [0.2, 0.25) is 0 Å². The molecule has 16 heavy (non-hydrogen) atoms. The number of aliphatic carboxylic acids is 1. The summed E-state index contributed by atoms with van der Waals surface area (Å²) in [6.07, 6.45) is 13.1. The summed E-state index contributed by atoms with van der Waals surface area (Å²) in [5, 5.41) is 8.75. The van der Waals surface area contributed by atoms with Crippen molar-refractivity contribution < 1.29 is 9.90 Å². The highest BCUT2D eigenvalue weighted by Gasteiger charge is 2.06. The molecular formula is C14H18O2. The zero-order valence-corrected chi connectivity index (χ0v) is 9.81. The maximum atomic E-state index is 10.6. The van der Waals surface area contributed by atoms with Crippen molar-refractivity contribution >= 4 is 5.97 Å². The van der Waals surface area contributed by atoms with E-state index < -0.39 is 5.97 Å². The Balaban J connectivity index is 0.00000106. The van der Waals surface area contributed by atoms with Gasteiger partial charge < -0.3 is 5.11 Å².